The smallest absolute Gasteiger partial charge is 0.217 e. The van der Waals surface area contributed by atoms with Crippen LogP contribution in [0.4, 0.5) is 9.52 Å². The van der Waals surface area contributed by atoms with Gasteiger partial charge in [0.05, 0.1) is 11.1 Å². The first kappa shape index (κ1) is 11.0. The molecule has 2 N–H and O–H groups in total. The maximum atomic E-state index is 12.7. The van der Waals surface area contributed by atoms with Gasteiger partial charge >= 0.3 is 0 Å². The van der Waals surface area contributed by atoms with Crippen molar-refractivity contribution in [3.63, 3.8) is 0 Å². The van der Waals surface area contributed by atoms with E-state index in [4.69, 9.17) is 5.73 Å². The Morgan fingerprint density at radius 1 is 1.25 bits per heavy atom. The molecule has 1 aromatic heterocycles. The Balaban J connectivity index is 2.51. The summed E-state index contributed by atoms with van der Waals surface area (Å²) in [5, 5.41) is 0.181. The molecule has 0 fully saturated rings. The summed E-state index contributed by atoms with van der Waals surface area (Å²) in [6.07, 6.45) is 1.19. The van der Waals surface area contributed by atoms with Crippen LogP contribution in [-0.2, 0) is 9.84 Å². The van der Waals surface area contributed by atoms with Crippen molar-refractivity contribution in [2.24, 2.45) is 0 Å². The molecule has 0 unspecified atom stereocenters. The number of aromatic nitrogens is 1. The predicted octanol–water partition coefficient (Wildman–Crippen LogP) is 1.70. The van der Waals surface area contributed by atoms with Crippen molar-refractivity contribution >= 4 is 26.3 Å². The van der Waals surface area contributed by atoms with E-state index in [1.807, 2.05) is 0 Å². The van der Waals surface area contributed by atoms with Gasteiger partial charge in [0.25, 0.3) is 0 Å². The Bertz CT molecular complexity index is 605. The van der Waals surface area contributed by atoms with E-state index >= 15 is 0 Å². The van der Waals surface area contributed by atoms with Crippen LogP contribution in [0.25, 0.3) is 0 Å². The van der Waals surface area contributed by atoms with E-state index in [1.165, 1.54) is 18.3 Å². The summed E-state index contributed by atoms with van der Waals surface area (Å²) >= 11 is 0.879. The molecule has 7 heteroatoms. The molecular formula is C9H7FN2O2S2. The maximum absolute atomic E-state index is 12.7. The Kier molecular flexibility index (Phi) is 2.64. The first-order valence-electron chi connectivity index (χ1n) is 4.22. The third-order valence-electron chi connectivity index (χ3n) is 1.89. The maximum Gasteiger partial charge on any atom is 0.217 e. The Morgan fingerprint density at radius 3 is 2.38 bits per heavy atom. The Hall–Kier alpha value is -1.47. The van der Waals surface area contributed by atoms with Crippen molar-refractivity contribution in [2.45, 2.75) is 9.10 Å². The minimum absolute atomic E-state index is 0.0255. The summed E-state index contributed by atoms with van der Waals surface area (Å²) in [5.74, 6) is -0.484. The molecule has 0 aliphatic rings. The van der Waals surface area contributed by atoms with Crippen LogP contribution in [0.15, 0.2) is 39.6 Å². The summed E-state index contributed by atoms with van der Waals surface area (Å²) in [5.41, 5.74) is 5.36. The van der Waals surface area contributed by atoms with Crippen LogP contribution in [0.1, 0.15) is 0 Å². The standard InChI is InChI=1S/C9H7FN2O2S2/c10-6-1-3-7(4-2-6)16(13,14)8-5-12-9(11)15-8/h1-5H,(H2,11,12). The Labute approximate surface area is 95.5 Å². The van der Waals surface area contributed by atoms with Gasteiger partial charge in [-0.25, -0.2) is 17.8 Å². The van der Waals surface area contributed by atoms with Crippen molar-refractivity contribution in [2.75, 3.05) is 5.73 Å². The molecule has 0 saturated heterocycles. The second kappa shape index (κ2) is 3.84. The number of nitrogens with two attached hydrogens (primary N) is 1. The summed E-state index contributed by atoms with van der Waals surface area (Å²) < 4.78 is 36.6. The summed E-state index contributed by atoms with van der Waals surface area (Å²) in [7, 11) is -3.63. The fourth-order valence-electron chi connectivity index (χ4n) is 1.13. The van der Waals surface area contributed by atoms with Crippen LogP contribution >= 0.6 is 11.3 Å². The van der Waals surface area contributed by atoms with Gasteiger partial charge in [0.1, 0.15) is 10.0 Å². The zero-order valence-corrected chi connectivity index (χ0v) is 9.56. The van der Waals surface area contributed by atoms with Crippen LogP contribution < -0.4 is 5.73 Å². The fraction of sp³-hybridized carbons (Fsp3) is 0. The minimum Gasteiger partial charge on any atom is -0.375 e. The molecule has 0 amide bonds. The zero-order chi connectivity index (χ0) is 11.8. The molecule has 84 valence electrons. The quantitative estimate of drug-likeness (QED) is 0.832. The van der Waals surface area contributed by atoms with E-state index in [9.17, 15) is 12.8 Å². The van der Waals surface area contributed by atoms with Gasteiger partial charge in [-0.1, -0.05) is 11.3 Å². The molecule has 0 bridgehead atoms. The van der Waals surface area contributed by atoms with Gasteiger partial charge in [-0.15, -0.1) is 0 Å². The lowest BCUT2D eigenvalue weighted by Gasteiger charge is -2.00. The molecule has 1 aromatic carbocycles. The third kappa shape index (κ3) is 1.91. The van der Waals surface area contributed by atoms with Crippen molar-refractivity contribution in [3.05, 3.63) is 36.3 Å². The Morgan fingerprint density at radius 2 is 1.88 bits per heavy atom. The van der Waals surface area contributed by atoms with Crippen LogP contribution in [0, 0.1) is 5.82 Å². The highest BCUT2D eigenvalue weighted by Crippen LogP contribution is 2.26. The molecule has 2 aromatic rings. The topological polar surface area (TPSA) is 73.0 Å². The highest BCUT2D eigenvalue weighted by molar-refractivity contribution is 7.93. The van der Waals surface area contributed by atoms with E-state index in [1.54, 1.807) is 0 Å². The number of nitrogens with zero attached hydrogens (tertiary/aromatic N) is 1. The van der Waals surface area contributed by atoms with Gasteiger partial charge in [-0.2, -0.15) is 0 Å². The summed E-state index contributed by atoms with van der Waals surface area (Å²) in [4.78, 5) is 3.69. The van der Waals surface area contributed by atoms with E-state index in [0.29, 0.717) is 0 Å². The average molecular weight is 258 g/mol. The molecule has 0 atom stereocenters. The largest absolute Gasteiger partial charge is 0.375 e. The SMILES string of the molecule is Nc1ncc(S(=O)(=O)c2ccc(F)cc2)s1. The molecule has 2 rings (SSSR count). The van der Waals surface area contributed by atoms with E-state index in [0.717, 1.165) is 23.5 Å². The third-order valence-corrected chi connectivity index (χ3v) is 4.95. The number of rotatable bonds is 2. The molecule has 16 heavy (non-hydrogen) atoms. The lowest BCUT2D eigenvalue weighted by Crippen LogP contribution is -1.99. The van der Waals surface area contributed by atoms with Gasteiger partial charge in [0.2, 0.25) is 9.84 Å². The van der Waals surface area contributed by atoms with Crippen molar-refractivity contribution < 1.29 is 12.8 Å². The predicted molar refractivity (Wildman–Crippen MR) is 58.4 cm³/mol. The molecule has 0 radical (unpaired) electrons. The number of sulfone groups is 1. The second-order valence-electron chi connectivity index (χ2n) is 2.97. The molecular weight excluding hydrogens is 251 g/mol. The van der Waals surface area contributed by atoms with Crippen LogP contribution in [0.5, 0.6) is 0 Å². The normalized spacial score (nSPS) is 11.6. The van der Waals surface area contributed by atoms with E-state index < -0.39 is 15.7 Å². The average Bonchev–Trinajstić information content (AvgIpc) is 2.66. The summed E-state index contributed by atoms with van der Waals surface area (Å²) in [6, 6.07) is 4.61. The first-order chi connectivity index (χ1) is 7.50. The lowest BCUT2D eigenvalue weighted by molar-refractivity contribution is 0.596. The first-order valence-corrected chi connectivity index (χ1v) is 6.52. The number of anilines is 1. The number of hydrogen-bond acceptors (Lipinski definition) is 5. The van der Waals surface area contributed by atoms with Gasteiger partial charge in [-0.05, 0) is 24.3 Å². The number of hydrogen-bond donors (Lipinski definition) is 1. The van der Waals surface area contributed by atoms with Gasteiger partial charge in [0.15, 0.2) is 5.13 Å². The van der Waals surface area contributed by atoms with E-state index in [2.05, 4.69) is 4.98 Å². The molecule has 1 heterocycles. The van der Waals surface area contributed by atoms with Crippen molar-refractivity contribution in [1.82, 2.24) is 4.98 Å². The number of benzene rings is 1. The van der Waals surface area contributed by atoms with Crippen LogP contribution in [0.2, 0.25) is 0 Å². The van der Waals surface area contributed by atoms with E-state index in [-0.39, 0.29) is 14.2 Å². The molecule has 0 aliphatic heterocycles. The van der Waals surface area contributed by atoms with Gasteiger partial charge in [-0.3, -0.25) is 0 Å². The highest BCUT2D eigenvalue weighted by Gasteiger charge is 2.20. The number of nitrogen functional groups attached to an aromatic ring is 1. The van der Waals surface area contributed by atoms with Gasteiger partial charge < -0.3 is 5.73 Å². The molecule has 4 nitrogen and oxygen atoms in total. The van der Waals surface area contributed by atoms with Gasteiger partial charge in [0, 0.05) is 0 Å². The molecule has 0 saturated carbocycles. The number of halogens is 1. The lowest BCUT2D eigenvalue weighted by atomic mass is 10.4. The zero-order valence-electron chi connectivity index (χ0n) is 7.92. The molecule has 0 spiro atoms. The second-order valence-corrected chi connectivity index (χ2v) is 6.21. The monoisotopic (exact) mass is 258 g/mol. The number of thiazole rings is 1. The summed E-state index contributed by atoms with van der Waals surface area (Å²) in [6.45, 7) is 0. The fourth-order valence-corrected chi connectivity index (χ4v) is 3.44. The van der Waals surface area contributed by atoms with Crippen LogP contribution in [0.3, 0.4) is 0 Å². The molecule has 0 aliphatic carbocycles. The van der Waals surface area contributed by atoms with Crippen molar-refractivity contribution in [1.29, 1.82) is 0 Å². The van der Waals surface area contributed by atoms with Crippen LogP contribution in [-0.4, -0.2) is 13.4 Å². The highest BCUT2D eigenvalue weighted by atomic mass is 32.2. The minimum atomic E-state index is -3.63. The van der Waals surface area contributed by atoms with Crippen molar-refractivity contribution in [3.8, 4) is 0 Å².